The van der Waals surface area contributed by atoms with Crippen molar-refractivity contribution in [3.8, 4) is 0 Å². The third-order valence-corrected chi connectivity index (χ3v) is 2.04. The van der Waals surface area contributed by atoms with Gasteiger partial charge in [0, 0.05) is 7.11 Å². The number of aliphatic hydroxyl groups is 4. The Morgan fingerprint density at radius 3 is 2.23 bits per heavy atom. The van der Waals surface area contributed by atoms with E-state index < -0.39 is 30.7 Å². The molecule has 1 aliphatic rings. The van der Waals surface area contributed by atoms with E-state index in [2.05, 4.69) is 0 Å². The first-order valence-electron chi connectivity index (χ1n) is 3.94. The Bertz CT molecular complexity index is 161. The quantitative estimate of drug-likeness (QED) is 0.366. The molecule has 0 unspecified atom stereocenters. The molecule has 0 aromatic rings. The molecule has 0 aromatic heterocycles. The topological polar surface area (TPSA) is 99.4 Å². The molecule has 1 fully saturated rings. The summed E-state index contributed by atoms with van der Waals surface area (Å²) in [5, 5.41) is 37.0. The summed E-state index contributed by atoms with van der Waals surface area (Å²) < 4.78 is 9.57. The molecule has 0 aliphatic carbocycles. The molecule has 13 heavy (non-hydrogen) atoms. The third kappa shape index (κ3) is 2.16. The van der Waals surface area contributed by atoms with E-state index in [1.54, 1.807) is 0 Å². The molecule has 0 spiro atoms. The second-order valence-corrected chi connectivity index (χ2v) is 2.98. The van der Waals surface area contributed by atoms with Crippen LogP contribution in [0.15, 0.2) is 0 Å². The van der Waals surface area contributed by atoms with E-state index in [1.165, 1.54) is 7.11 Å². The fourth-order valence-corrected chi connectivity index (χ4v) is 1.19. The Hall–Kier alpha value is -0.240. The van der Waals surface area contributed by atoms with Crippen LogP contribution in [-0.2, 0) is 9.47 Å². The molecule has 78 valence electrons. The van der Waals surface area contributed by atoms with Gasteiger partial charge in [0.25, 0.3) is 0 Å². The van der Waals surface area contributed by atoms with Crippen LogP contribution in [0.2, 0.25) is 0 Å². The Morgan fingerprint density at radius 2 is 1.69 bits per heavy atom. The molecule has 5 atom stereocenters. The van der Waals surface area contributed by atoms with E-state index in [9.17, 15) is 15.3 Å². The number of ether oxygens (including phenoxy) is 2. The number of rotatable bonds is 1. The van der Waals surface area contributed by atoms with E-state index in [0.29, 0.717) is 0 Å². The molecule has 4 N–H and O–H groups in total. The minimum absolute atomic E-state index is 0.187. The summed E-state index contributed by atoms with van der Waals surface area (Å²) in [7, 11) is 1.30. The number of aliphatic hydroxyl groups excluding tert-OH is 4. The predicted octanol–water partition coefficient (Wildman–Crippen LogP) is -2.57. The highest BCUT2D eigenvalue weighted by atomic mass is 16.7. The smallest absolute Gasteiger partial charge is 0.185 e. The highest BCUT2D eigenvalue weighted by molar-refractivity contribution is 4.85. The van der Waals surface area contributed by atoms with Gasteiger partial charge in [-0.15, -0.1) is 0 Å². The Balaban J connectivity index is 2.69. The van der Waals surface area contributed by atoms with Gasteiger partial charge in [-0.2, -0.15) is 0 Å². The van der Waals surface area contributed by atoms with Gasteiger partial charge in [0.05, 0.1) is 6.61 Å². The highest BCUT2D eigenvalue weighted by Crippen LogP contribution is 2.16. The lowest BCUT2D eigenvalue weighted by Gasteiger charge is -2.23. The van der Waals surface area contributed by atoms with Crippen LogP contribution < -0.4 is 0 Å². The van der Waals surface area contributed by atoms with Crippen LogP contribution in [-0.4, -0.2) is 64.8 Å². The Morgan fingerprint density at radius 1 is 1.08 bits per heavy atom. The molecule has 6 heteroatoms. The Kier molecular flexibility index (Phi) is 3.60. The summed E-state index contributed by atoms with van der Waals surface area (Å²) in [6, 6.07) is 0. The molecule has 1 heterocycles. The molecule has 0 saturated carbocycles. The van der Waals surface area contributed by atoms with Crippen LogP contribution in [0, 0.1) is 0 Å². The van der Waals surface area contributed by atoms with Crippen LogP contribution in [0.25, 0.3) is 0 Å². The van der Waals surface area contributed by atoms with Crippen molar-refractivity contribution in [2.45, 2.75) is 30.7 Å². The molecule has 0 amide bonds. The number of hydrogen-bond acceptors (Lipinski definition) is 6. The van der Waals surface area contributed by atoms with Crippen molar-refractivity contribution in [2.75, 3.05) is 13.7 Å². The maximum Gasteiger partial charge on any atom is 0.185 e. The lowest BCUT2D eigenvalue weighted by Crippen LogP contribution is -2.46. The van der Waals surface area contributed by atoms with Gasteiger partial charge in [-0.1, -0.05) is 0 Å². The molecule has 0 radical (unpaired) electrons. The lowest BCUT2D eigenvalue weighted by atomic mass is 10.0. The van der Waals surface area contributed by atoms with Crippen LogP contribution in [0.3, 0.4) is 0 Å². The van der Waals surface area contributed by atoms with Gasteiger partial charge >= 0.3 is 0 Å². The van der Waals surface area contributed by atoms with E-state index in [1.807, 2.05) is 0 Å². The highest BCUT2D eigenvalue weighted by Gasteiger charge is 2.39. The minimum Gasteiger partial charge on any atom is -0.388 e. The number of methoxy groups -OCH3 is 1. The number of hydrogen-bond donors (Lipinski definition) is 4. The van der Waals surface area contributed by atoms with Gasteiger partial charge in [-0.25, -0.2) is 0 Å². The summed E-state index contributed by atoms with van der Waals surface area (Å²) in [4.78, 5) is 0. The van der Waals surface area contributed by atoms with Crippen molar-refractivity contribution >= 4 is 0 Å². The Labute approximate surface area is 75.3 Å². The normalized spacial score (nSPS) is 47.3. The van der Waals surface area contributed by atoms with E-state index in [4.69, 9.17) is 14.6 Å². The standard InChI is InChI=1S/C7H14O6/c1-12-7-6(11)5(10)4(9)3(8)2-13-7/h3-11H,2H2,1H3/t3-,4-,5+,6+,7+/m1/s1. The van der Waals surface area contributed by atoms with E-state index in [-0.39, 0.29) is 6.61 Å². The summed E-state index contributed by atoms with van der Waals surface area (Å²) in [5.41, 5.74) is 0. The van der Waals surface area contributed by atoms with Crippen molar-refractivity contribution in [1.29, 1.82) is 0 Å². The monoisotopic (exact) mass is 194 g/mol. The van der Waals surface area contributed by atoms with Crippen molar-refractivity contribution in [3.05, 3.63) is 0 Å². The van der Waals surface area contributed by atoms with Gasteiger partial charge in [-0.05, 0) is 0 Å². The maximum atomic E-state index is 9.33. The third-order valence-electron chi connectivity index (χ3n) is 2.04. The molecule has 1 rings (SSSR count). The predicted molar refractivity (Wildman–Crippen MR) is 40.8 cm³/mol. The van der Waals surface area contributed by atoms with Gasteiger partial charge in [0.15, 0.2) is 6.29 Å². The first-order chi connectivity index (χ1) is 6.07. The van der Waals surface area contributed by atoms with Crippen LogP contribution in [0.5, 0.6) is 0 Å². The summed E-state index contributed by atoms with van der Waals surface area (Å²) in [6.07, 6.45) is -6.50. The molecule has 0 aromatic carbocycles. The summed E-state index contributed by atoms with van der Waals surface area (Å²) >= 11 is 0. The zero-order chi connectivity index (χ0) is 10.0. The fraction of sp³-hybridized carbons (Fsp3) is 1.00. The average molecular weight is 194 g/mol. The second-order valence-electron chi connectivity index (χ2n) is 2.98. The molecular weight excluding hydrogens is 180 g/mol. The second kappa shape index (κ2) is 4.32. The zero-order valence-electron chi connectivity index (χ0n) is 7.20. The van der Waals surface area contributed by atoms with Gasteiger partial charge in [-0.3, -0.25) is 0 Å². The largest absolute Gasteiger partial charge is 0.388 e. The van der Waals surface area contributed by atoms with Crippen molar-refractivity contribution < 1.29 is 29.9 Å². The van der Waals surface area contributed by atoms with E-state index in [0.717, 1.165) is 0 Å². The van der Waals surface area contributed by atoms with Gasteiger partial charge in [0.1, 0.15) is 24.4 Å². The molecule has 1 aliphatic heterocycles. The zero-order valence-corrected chi connectivity index (χ0v) is 7.20. The lowest BCUT2D eigenvalue weighted by molar-refractivity contribution is -0.196. The van der Waals surface area contributed by atoms with E-state index >= 15 is 0 Å². The SMILES string of the molecule is CO[C@H]1OC[C@@H](O)[C@@H](O)[C@H](O)[C@@H]1O. The minimum atomic E-state index is -1.47. The van der Waals surface area contributed by atoms with Gasteiger partial charge in [0.2, 0.25) is 0 Å². The van der Waals surface area contributed by atoms with Crippen LogP contribution in [0.4, 0.5) is 0 Å². The fourth-order valence-electron chi connectivity index (χ4n) is 1.19. The summed E-state index contributed by atoms with van der Waals surface area (Å²) in [5.74, 6) is 0. The van der Waals surface area contributed by atoms with Crippen LogP contribution >= 0.6 is 0 Å². The first kappa shape index (κ1) is 10.8. The summed E-state index contributed by atoms with van der Waals surface area (Å²) in [6.45, 7) is -0.187. The van der Waals surface area contributed by atoms with Crippen molar-refractivity contribution in [3.63, 3.8) is 0 Å². The van der Waals surface area contributed by atoms with Crippen molar-refractivity contribution in [2.24, 2.45) is 0 Å². The molecule has 1 saturated heterocycles. The van der Waals surface area contributed by atoms with Crippen molar-refractivity contribution in [1.82, 2.24) is 0 Å². The van der Waals surface area contributed by atoms with Crippen LogP contribution in [0.1, 0.15) is 0 Å². The first-order valence-corrected chi connectivity index (χ1v) is 3.94. The molecule has 0 bridgehead atoms. The maximum absolute atomic E-state index is 9.33. The molecule has 6 nitrogen and oxygen atoms in total. The molecular formula is C7H14O6. The average Bonchev–Trinajstić information content (AvgIpc) is 2.22. The van der Waals surface area contributed by atoms with Gasteiger partial charge < -0.3 is 29.9 Å².